The average molecular weight is 545 g/mol. The number of fused-ring (bicyclic) bond motifs is 1. The Hall–Kier alpha value is -2.60. The van der Waals surface area contributed by atoms with E-state index in [0.717, 1.165) is 38.4 Å². The Labute approximate surface area is 210 Å². The Kier molecular flexibility index (Phi) is 4.73. The van der Waals surface area contributed by atoms with Crippen molar-refractivity contribution in [3.05, 3.63) is 58.0 Å². The van der Waals surface area contributed by atoms with Gasteiger partial charge in [0, 0.05) is 36.9 Å². The number of hydrogen-bond acceptors (Lipinski definition) is 4. The van der Waals surface area contributed by atoms with Crippen molar-refractivity contribution < 1.29 is 24.2 Å². The topological polar surface area (TPSA) is 66.4 Å². The molecule has 2 N–H and O–H groups in total. The van der Waals surface area contributed by atoms with Gasteiger partial charge >= 0.3 is 10.2 Å². The molecule has 2 bridgehead atoms. The summed E-state index contributed by atoms with van der Waals surface area (Å²) < 4.78 is 68.2. The number of carbonyl (C=O) groups excluding carboxylic acids is 1. The lowest BCUT2D eigenvalue weighted by Crippen LogP contribution is -2.62. The molecule has 7 rings (SSSR count). The van der Waals surface area contributed by atoms with Gasteiger partial charge in [-0.1, -0.05) is 31.6 Å². The monoisotopic (exact) mass is 544 g/mol. The number of halogens is 5. The van der Waals surface area contributed by atoms with Gasteiger partial charge in [-0.3, -0.25) is 9.59 Å². The van der Waals surface area contributed by atoms with E-state index >= 15 is 0 Å². The average Bonchev–Trinajstić information content (AvgIpc) is 3.16. The summed E-state index contributed by atoms with van der Waals surface area (Å²) in [5.41, 5.74) is 0.0480. The van der Waals surface area contributed by atoms with Crippen LogP contribution in [0.25, 0.3) is 0 Å². The number of carbonyl (C=O) groups is 1. The molecular weight excluding hydrogens is 515 g/mol. The Balaban J connectivity index is 1.28. The van der Waals surface area contributed by atoms with Crippen LogP contribution in [0.2, 0.25) is 0 Å². The highest BCUT2D eigenvalue weighted by Crippen LogP contribution is 3.02. The van der Waals surface area contributed by atoms with Crippen molar-refractivity contribution >= 4 is 21.8 Å². The minimum atomic E-state index is -9.86. The first-order chi connectivity index (χ1) is 17.0. The highest BCUT2D eigenvalue weighted by Gasteiger charge is 2.65. The van der Waals surface area contributed by atoms with E-state index in [4.69, 9.17) is 0 Å². The number of rotatable bonds is 7. The fourth-order valence-corrected chi connectivity index (χ4v) is 7.14. The predicted octanol–water partition coefficient (Wildman–Crippen LogP) is 5.48. The van der Waals surface area contributed by atoms with E-state index in [2.05, 4.69) is 15.5 Å². The molecule has 0 unspecified atom stereocenters. The van der Waals surface area contributed by atoms with Crippen molar-refractivity contribution in [1.29, 1.82) is 0 Å². The molecule has 2 aromatic rings. The van der Waals surface area contributed by atoms with Gasteiger partial charge in [0.25, 0.3) is 11.5 Å². The molecule has 1 aromatic carbocycles. The molecule has 4 saturated carbocycles. The molecule has 4 aliphatic carbocycles. The van der Waals surface area contributed by atoms with Gasteiger partial charge in [-0.15, -0.1) is 0 Å². The minimum absolute atomic E-state index is 0.0962. The molecule has 0 spiro atoms. The molecule has 1 saturated heterocycles. The molecule has 1 aliphatic heterocycles. The molecule has 0 radical (unpaired) electrons. The van der Waals surface area contributed by atoms with E-state index in [0.29, 0.717) is 35.6 Å². The smallest absolute Gasteiger partial charge is 0.310 e. The van der Waals surface area contributed by atoms with Crippen LogP contribution in [0.5, 0.6) is 0 Å². The van der Waals surface area contributed by atoms with Crippen molar-refractivity contribution in [3.63, 3.8) is 0 Å². The molecule has 5 aliphatic rings. The van der Waals surface area contributed by atoms with Crippen LogP contribution >= 0.6 is 10.2 Å². The third kappa shape index (κ3) is 4.21. The molecule has 1 amide bonds. The maximum Gasteiger partial charge on any atom is 0.310 e. The molecule has 202 valence electrons. The van der Waals surface area contributed by atoms with E-state index in [1.165, 1.54) is 19.1 Å². The Morgan fingerprint density at radius 3 is 2.30 bits per heavy atom. The van der Waals surface area contributed by atoms with Crippen LogP contribution in [0.15, 0.2) is 46.2 Å². The number of piperidine rings is 1. The maximum absolute atomic E-state index is 13.4. The minimum Gasteiger partial charge on any atom is -0.381 e. The van der Waals surface area contributed by atoms with Crippen LogP contribution < -0.4 is 16.2 Å². The molecule has 6 nitrogen and oxygen atoms in total. The number of anilines is 1. The first-order valence-electron chi connectivity index (χ1n) is 12.4. The number of amides is 1. The van der Waals surface area contributed by atoms with Gasteiger partial charge in [-0.2, -0.15) is 0 Å². The van der Waals surface area contributed by atoms with Crippen molar-refractivity contribution in [3.8, 4) is 0 Å². The third-order valence-corrected chi connectivity index (χ3v) is 9.81. The highest BCUT2D eigenvalue weighted by molar-refractivity contribution is 8.45. The van der Waals surface area contributed by atoms with Crippen molar-refractivity contribution in [2.75, 3.05) is 25.5 Å². The fraction of sp³-hybridized carbons (Fsp3) is 0.520. The summed E-state index contributed by atoms with van der Waals surface area (Å²) >= 11 is 0. The number of pyridine rings is 1. The number of nitrogens with one attached hydrogen (secondary N) is 2. The molecular formula is C25H29F5N4O2S. The Morgan fingerprint density at radius 1 is 1.08 bits per heavy atom. The van der Waals surface area contributed by atoms with E-state index in [1.807, 2.05) is 7.05 Å². The Morgan fingerprint density at radius 2 is 1.73 bits per heavy atom. The molecule has 37 heavy (non-hydrogen) atoms. The van der Waals surface area contributed by atoms with Crippen LogP contribution in [0.1, 0.15) is 48.1 Å². The number of hydrogen-bond donors (Lipinski definition) is 2. The van der Waals surface area contributed by atoms with Crippen molar-refractivity contribution in [1.82, 2.24) is 14.8 Å². The summed E-state index contributed by atoms with van der Waals surface area (Å²) in [6.07, 6.45) is 4.21. The van der Waals surface area contributed by atoms with Gasteiger partial charge in [-0.25, -0.2) is 0 Å². The lowest BCUT2D eigenvalue weighted by molar-refractivity contribution is -0.0914. The van der Waals surface area contributed by atoms with Crippen LogP contribution in [0.4, 0.5) is 25.1 Å². The summed E-state index contributed by atoms with van der Waals surface area (Å²) in [5.74, 6) is 0.867. The van der Waals surface area contributed by atoms with Crippen LogP contribution in [0.3, 0.4) is 0 Å². The summed E-state index contributed by atoms with van der Waals surface area (Å²) in [7, 11) is -7.82. The molecule has 12 heteroatoms. The van der Waals surface area contributed by atoms with Gasteiger partial charge in [0.1, 0.15) is 4.90 Å². The zero-order valence-electron chi connectivity index (χ0n) is 20.4. The molecule has 2 heterocycles. The standard InChI is InChI=1S/C25H29F5N4O2S/c1-14(16-4-3-5-17(6-16)37(26,27,28,29)30)31-24(36)20-13-34(25-8-15(9-25)10-25)22(35)7-21(20)32-23-18-11-33(2)12-19(18)23/h3-7,13-15,18-19,23,32H,8-12H2,1-2H3,(H,31,36)/t14-,15?,18-,19+,23+,25?/m1/s1. The summed E-state index contributed by atoms with van der Waals surface area (Å²) in [6, 6.07) is 3.49. The number of benzene rings is 1. The summed E-state index contributed by atoms with van der Waals surface area (Å²) in [4.78, 5) is 26.7. The van der Waals surface area contributed by atoms with Gasteiger partial charge in [-0.05, 0) is 68.7 Å². The summed E-state index contributed by atoms with van der Waals surface area (Å²) in [5, 5.41) is 6.02. The third-order valence-electron chi connectivity index (χ3n) is 8.67. The van der Waals surface area contributed by atoms with Gasteiger partial charge in [0.2, 0.25) is 0 Å². The van der Waals surface area contributed by atoms with E-state index in [-0.39, 0.29) is 28.3 Å². The Bertz CT molecular complexity index is 1350. The number of nitrogens with zero attached hydrogens (tertiary/aromatic N) is 2. The summed E-state index contributed by atoms with van der Waals surface area (Å²) in [6.45, 7) is 3.28. The van der Waals surface area contributed by atoms with Crippen molar-refractivity contribution in [2.24, 2.45) is 17.8 Å². The second kappa shape index (κ2) is 7.07. The van der Waals surface area contributed by atoms with Crippen molar-refractivity contribution in [2.45, 2.75) is 48.7 Å². The number of likely N-dealkylation sites (tertiary alicyclic amines) is 1. The van der Waals surface area contributed by atoms with Gasteiger partial charge < -0.3 is 20.1 Å². The fourth-order valence-electron chi connectivity index (χ4n) is 6.44. The lowest BCUT2D eigenvalue weighted by Gasteiger charge is -2.62. The zero-order chi connectivity index (χ0) is 26.6. The SMILES string of the molecule is C[C@@H](NC(=O)c1cn(C23CC(C2)C3)c(=O)cc1N[C@H]1[C@@H]2CN(C)C[C@@H]21)c1cccc(S(F)(F)(F)(F)F)c1. The largest absolute Gasteiger partial charge is 0.381 e. The zero-order valence-corrected chi connectivity index (χ0v) is 21.2. The maximum atomic E-state index is 13.4. The van der Waals surface area contributed by atoms with E-state index in [9.17, 15) is 29.0 Å². The van der Waals surface area contributed by atoms with Gasteiger partial charge in [0.15, 0.2) is 0 Å². The molecule has 4 atom stereocenters. The van der Waals surface area contributed by atoms with Crippen LogP contribution in [0, 0.1) is 17.8 Å². The highest BCUT2D eigenvalue weighted by atomic mass is 32.5. The van der Waals surface area contributed by atoms with E-state index in [1.54, 1.807) is 10.8 Å². The van der Waals surface area contributed by atoms with Crippen LogP contribution in [-0.4, -0.2) is 41.6 Å². The molecule has 1 aromatic heterocycles. The van der Waals surface area contributed by atoms with Crippen LogP contribution in [-0.2, 0) is 5.54 Å². The first kappa shape index (κ1) is 24.7. The van der Waals surface area contributed by atoms with Gasteiger partial charge in [0.05, 0.1) is 17.3 Å². The first-order valence-corrected chi connectivity index (χ1v) is 14.4. The lowest BCUT2D eigenvalue weighted by atomic mass is 9.49. The normalized spacial score (nSPS) is 32.7. The number of aromatic nitrogens is 1. The second-order valence-corrected chi connectivity index (χ2v) is 13.9. The second-order valence-electron chi connectivity index (χ2n) is 11.5. The molecule has 5 fully saturated rings. The predicted molar refractivity (Wildman–Crippen MR) is 132 cm³/mol. The quantitative estimate of drug-likeness (QED) is 0.454. The van der Waals surface area contributed by atoms with E-state index < -0.39 is 27.1 Å².